The maximum absolute atomic E-state index is 12.5. The van der Waals surface area contributed by atoms with Gasteiger partial charge in [0.1, 0.15) is 11.1 Å². The van der Waals surface area contributed by atoms with Gasteiger partial charge in [-0.3, -0.25) is 10.2 Å². The van der Waals surface area contributed by atoms with Crippen LogP contribution in [0, 0.1) is 5.41 Å². The lowest BCUT2D eigenvalue weighted by Crippen LogP contribution is -2.22. The van der Waals surface area contributed by atoms with Crippen molar-refractivity contribution in [1.29, 1.82) is 5.41 Å². The Morgan fingerprint density at radius 3 is 2.54 bits per heavy atom. The van der Waals surface area contributed by atoms with Crippen LogP contribution >= 0.6 is 0 Å². The number of fused-ring (bicyclic) bond motifs is 1. The van der Waals surface area contributed by atoms with Crippen LogP contribution in [0.2, 0.25) is 0 Å². The Labute approximate surface area is 137 Å². The highest BCUT2D eigenvalue weighted by Gasteiger charge is 2.16. The first-order valence-electron chi connectivity index (χ1n) is 7.16. The molecule has 0 aliphatic carbocycles. The van der Waals surface area contributed by atoms with Gasteiger partial charge in [0.2, 0.25) is 5.55 Å². The topological polar surface area (TPSA) is 92.4 Å². The number of hydrogen-bond acceptors (Lipinski definition) is 5. The van der Waals surface area contributed by atoms with Crippen molar-refractivity contribution in [1.82, 2.24) is 0 Å². The quantitative estimate of drug-likeness (QED) is 0.725. The Morgan fingerprint density at radius 1 is 1.04 bits per heavy atom. The Bertz CT molecular complexity index is 991. The fourth-order valence-corrected chi connectivity index (χ4v) is 2.32. The molecule has 0 fully saturated rings. The Kier molecular flexibility index (Phi) is 4.11. The fraction of sp³-hybridized carbons (Fsp3) is 0.0556. The van der Waals surface area contributed by atoms with Gasteiger partial charge in [-0.2, -0.15) is 0 Å². The summed E-state index contributed by atoms with van der Waals surface area (Å²) in [4.78, 5) is 24.3. The normalized spacial score (nSPS) is 10.4. The van der Waals surface area contributed by atoms with E-state index in [1.165, 1.54) is 7.11 Å². The minimum absolute atomic E-state index is 0.0772. The number of esters is 1. The fourth-order valence-electron chi connectivity index (χ4n) is 2.32. The molecule has 1 heterocycles. The van der Waals surface area contributed by atoms with Gasteiger partial charge in [0.05, 0.1) is 18.4 Å². The van der Waals surface area contributed by atoms with Crippen molar-refractivity contribution in [2.75, 3.05) is 12.4 Å². The van der Waals surface area contributed by atoms with Crippen molar-refractivity contribution in [3.8, 4) is 0 Å². The van der Waals surface area contributed by atoms with Crippen LogP contribution in [-0.2, 0) is 4.74 Å². The van der Waals surface area contributed by atoms with Gasteiger partial charge in [-0.15, -0.1) is 0 Å². The van der Waals surface area contributed by atoms with E-state index in [0.717, 1.165) is 0 Å². The highest BCUT2D eigenvalue weighted by molar-refractivity contribution is 6.08. The van der Waals surface area contributed by atoms with Gasteiger partial charge < -0.3 is 14.5 Å². The number of methoxy groups -OCH3 is 1. The molecule has 0 unspecified atom stereocenters. The van der Waals surface area contributed by atoms with Crippen molar-refractivity contribution in [2.45, 2.75) is 0 Å². The molecule has 0 saturated carbocycles. The molecule has 6 nitrogen and oxygen atoms in total. The van der Waals surface area contributed by atoms with Crippen LogP contribution in [0.1, 0.15) is 20.7 Å². The lowest BCUT2D eigenvalue weighted by atomic mass is 10.1. The predicted octanol–water partition coefficient (Wildman–Crippen LogP) is 2.95. The first kappa shape index (κ1) is 15.5. The summed E-state index contributed by atoms with van der Waals surface area (Å²) in [5.74, 6) is -1.09. The van der Waals surface area contributed by atoms with E-state index in [1.807, 2.05) is 6.07 Å². The van der Waals surface area contributed by atoms with Gasteiger partial charge in [-0.05, 0) is 24.3 Å². The summed E-state index contributed by atoms with van der Waals surface area (Å²) in [6.07, 6.45) is 0. The second-order valence-electron chi connectivity index (χ2n) is 5.02. The van der Waals surface area contributed by atoms with Crippen molar-refractivity contribution in [2.24, 2.45) is 0 Å². The molecule has 120 valence electrons. The maximum Gasteiger partial charge on any atom is 0.339 e. The molecule has 0 aliphatic rings. The van der Waals surface area contributed by atoms with Gasteiger partial charge in [-0.25, -0.2) is 4.79 Å². The number of hydrogen-bond donors (Lipinski definition) is 2. The smallest absolute Gasteiger partial charge is 0.339 e. The van der Waals surface area contributed by atoms with Gasteiger partial charge in [0.15, 0.2) is 0 Å². The summed E-state index contributed by atoms with van der Waals surface area (Å²) in [5.41, 5.74) is 0.892. The van der Waals surface area contributed by atoms with Crippen LogP contribution in [0.5, 0.6) is 0 Å². The number of para-hydroxylation sites is 2. The van der Waals surface area contributed by atoms with Crippen LogP contribution in [0.3, 0.4) is 0 Å². The van der Waals surface area contributed by atoms with Crippen molar-refractivity contribution >= 4 is 28.5 Å². The maximum atomic E-state index is 12.5. The third-order valence-corrected chi connectivity index (χ3v) is 3.50. The summed E-state index contributed by atoms with van der Waals surface area (Å²) >= 11 is 0. The van der Waals surface area contributed by atoms with E-state index >= 15 is 0 Å². The summed E-state index contributed by atoms with van der Waals surface area (Å²) in [6, 6.07) is 15.2. The Balaban J connectivity index is 1.98. The minimum atomic E-state index is -0.555. The van der Waals surface area contributed by atoms with E-state index in [1.54, 1.807) is 48.5 Å². The number of carbonyl (C=O) groups is 2. The minimum Gasteiger partial charge on any atom is -0.465 e. The van der Waals surface area contributed by atoms with Crippen LogP contribution in [0.25, 0.3) is 11.0 Å². The van der Waals surface area contributed by atoms with Crippen molar-refractivity contribution < 1.29 is 18.7 Å². The molecule has 24 heavy (non-hydrogen) atoms. The summed E-state index contributed by atoms with van der Waals surface area (Å²) in [5, 5.41) is 11.2. The number of ether oxygens (including phenoxy) is 1. The molecule has 0 aliphatic heterocycles. The predicted molar refractivity (Wildman–Crippen MR) is 87.8 cm³/mol. The zero-order valence-corrected chi connectivity index (χ0v) is 12.8. The van der Waals surface area contributed by atoms with E-state index in [0.29, 0.717) is 16.7 Å². The Morgan fingerprint density at radius 2 is 1.75 bits per heavy atom. The number of benzene rings is 2. The first-order chi connectivity index (χ1) is 11.6. The van der Waals surface area contributed by atoms with Gasteiger partial charge in [0, 0.05) is 5.39 Å². The van der Waals surface area contributed by atoms with Crippen LogP contribution in [0.15, 0.2) is 59.0 Å². The summed E-state index contributed by atoms with van der Waals surface area (Å²) in [7, 11) is 1.27. The lowest BCUT2D eigenvalue weighted by molar-refractivity contribution is 0.0602. The van der Waals surface area contributed by atoms with Crippen LogP contribution in [-0.4, -0.2) is 19.0 Å². The molecule has 1 aromatic heterocycles. The zero-order valence-electron chi connectivity index (χ0n) is 12.8. The number of amides is 1. The number of carbonyl (C=O) groups excluding carboxylic acids is 2. The highest BCUT2D eigenvalue weighted by atomic mass is 16.5. The standard InChI is InChI=1S/C18H14N2O4/c1-23-18(22)12-7-3-4-8-14(12)20-17(21)13-10-11-6-2-5-9-15(11)24-16(13)19/h2-10,19H,1H3,(H,20,21). The van der Waals surface area contributed by atoms with Crippen molar-refractivity contribution in [3.63, 3.8) is 0 Å². The molecule has 3 rings (SSSR count). The van der Waals surface area contributed by atoms with E-state index in [4.69, 9.17) is 14.6 Å². The molecule has 3 aromatic rings. The molecular weight excluding hydrogens is 308 g/mol. The molecule has 0 radical (unpaired) electrons. The molecule has 1 amide bonds. The van der Waals surface area contributed by atoms with Gasteiger partial charge in [-0.1, -0.05) is 30.3 Å². The molecule has 0 bridgehead atoms. The number of nitrogens with one attached hydrogen (secondary N) is 2. The van der Waals surface area contributed by atoms with E-state index < -0.39 is 11.9 Å². The van der Waals surface area contributed by atoms with Gasteiger partial charge in [0.25, 0.3) is 5.91 Å². The average molecular weight is 322 g/mol. The first-order valence-corrected chi connectivity index (χ1v) is 7.16. The van der Waals surface area contributed by atoms with Gasteiger partial charge >= 0.3 is 5.97 Å². The van der Waals surface area contributed by atoms with E-state index in [2.05, 4.69) is 5.32 Å². The second kappa shape index (κ2) is 6.37. The zero-order chi connectivity index (χ0) is 17.1. The Hall–Kier alpha value is -3.41. The third-order valence-electron chi connectivity index (χ3n) is 3.50. The molecule has 0 spiro atoms. The summed E-state index contributed by atoms with van der Waals surface area (Å²) < 4.78 is 10.1. The molecule has 2 N–H and O–H groups in total. The molecule has 0 atom stereocenters. The van der Waals surface area contributed by atoms with Crippen LogP contribution in [0.4, 0.5) is 5.69 Å². The second-order valence-corrected chi connectivity index (χ2v) is 5.02. The molecule has 2 aromatic carbocycles. The SMILES string of the molecule is COC(=O)c1ccccc1NC(=O)c1cc2ccccc2oc1=N. The monoisotopic (exact) mass is 322 g/mol. The van der Waals surface area contributed by atoms with E-state index in [9.17, 15) is 9.59 Å². The average Bonchev–Trinajstić information content (AvgIpc) is 2.60. The third kappa shape index (κ3) is 2.89. The van der Waals surface area contributed by atoms with Crippen LogP contribution < -0.4 is 10.9 Å². The molecule has 0 saturated heterocycles. The van der Waals surface area contributed by atoms with Crippen molar-refractivity contribution in [3.05, 3.63) is 71.3 Å². The molecular formula is C18H14N2O4. The summed E-state index contributed by atoms with van der Waals surface area (Å²) in [6.45, 7) is 0. The largest absolute Gasteiger partial charge is 0.465 e. The number of anilines is 1. The highest BCUT2D eigenvalue weighted by Crippen LogP contribution is 2.18. The molecule has 6 heteroatoms. The lowest BCUT2D eigenvalue weighted by Gasteiger charge is -2.09. The number of rotatable bonds is 3. The van der Waals surface area contributed by atoms with E-state index in [-0.39, 0.29) is 16.7 Å².